The first-order chi connectivity index (χ1) is 2.79. The third-order valence-electron chi connectivity index (χ3n) is 0.777. The Labute approximate surface area is 35.1 Å². The smallest absolute Gasteiger partial charge is 0.101 e. The summed E-state index contributed by atoms with van der Waals surface area (Å²) in [5.74, 6) is -0.192. The molecule has 1 aliphatic carbocycles. The Morgan fingerprint density at radius 2 is 2.50 bits per heavy atom. The SMILES string of the molecule is OC1C=C(F)C1. The van der Waals surface area contributed by atoms with Crippen LogP contribution in [-0.4, -0.2) is 11.2 Å². The molecule has 0 spiro atoms. The van der Waals surface area contributed by atoms with E-state index in [1.165, 1.54) is 6.08 Å². The molecule has 2 heteroatoms. The number of hydrogen-bond donors (Lipinski definition) is 1. The molecule has 6 heavy (non-hydrogen) atoms. The standard InChI is InChI=1S/C4H5FO/c5-3-1-4(6)2-3/h1,4,6H,2H2. The van der Waals surface area contributed by atoms with E-state index in [1.54, 1.807) is 0 Å². The Balaban J connectivity index is 2.46. The molecule has 0 fully saturated rings. The molecule has 0 aromatic carbocycles. The fourth-order valence-corrected chi connectivity index (χ4v) is 0.375. The van der Waals surface area contributed by atoms with Gasteiger partial charge in [0.25, 0.3) is 0 Å². The van der Waals surface area contributed by atoms with E-state index in [2.05, 4.69) is 0 Å². The van der Waals surface area contributed by atoms with Crippen molar-refractivity contribution in [3.05, 3.63) is 11.9 Å². The molecule has 0 aliphatic heterocycles. The number of aliphatic hydroxyl groups is 1. The lowest BCUT2D eigenvalue weighted by atomic mass is 10.1. The first kappa shape index (κ1) is 3.81. The maximum atomic E-state index is 11.5. The van der Waals surface area contributed by atoms with Crippen LogP contribution in [0.4, 0.5) is 4.39 Å². The highest BCUT2D eigenvalue weighted by Gasteiger charge is 2.14. The van der Waals surface area contributed by atoms with E-state index in [4.69, 9.17) is 5.11 Å². The molecule has 0 radical (unpaired) electrons. The summed E-state index contributed by atoms with van der Waals surface area (Å²) in [6.07, 6.45) is 0.921. The van der Waals surface area contributed by atoms with Crippen LogP contribution in [0.3, 0.4) is 0 Å². The molecular weight excluding hydrogens is 83.0 g/mol. The van der Waals surface area contributed by atoms with E-state index in [0.717, 1.165) is 0 Å². The van der Waals surface area contributed by atoms with Crippen LogP contribution in [0.1, 0.15) is 6.42 Å². The van der Waals surface area contributed by atoms with Crippen molar-refractivity contribution in [2.24, 2.45) is 0 Å². The summed E-state index contributed by atoms with van der Waals surface area (Å²) in [5, 5.41) is 8.30. The van der Waals surface area contributed by atoms with Crippen molar-refractivity contribution in [2.75, 3.05) is 0 Å². The average Bonchev–Trinajstić information content (AvgIpc) is 1.33. The average molecular weight is 88.1 g/mol. The van der Waals surface area contributed by atoms with Crippen molar-refractivity contribution in [1.29, 1.82) is 0 Å². The maximum absolute atomic E-state index is 11.5. The van der Waals surface area contributed by atoms with Crippen molar-refractivity contribution < 1.29 is 9.50 Å². The Morgan fingerprint density at radius 1 is 2.00 bits per heavy atom. The molecular formula is C4H5FO. The maximum Gasteiger partial charge on any atom is 0.101 e. The van der Waals surface area contributed by atoms with Crippen LogP contribution in [0.5, 0.6) is 0 Å². The van der Waals surface area contributed by atoms with E-state index in [1.807, 2.05) is 0 Å². The van der Waals surface area contributed by atoms with E-state index in [-0.39, 0.29) is 12.2 Å². The number of hydrogen-bond acceptors (Lipinski definition) is 1. The van der Waals surface area contributed by atoms with E-state index in [9.17, 15) is 4.39 Å². The van der Waals surface area contributed by atoms with Crippen LogP contribution < -0.4 is 0 Å². The van der Waals surface area contributed by atoms with E-state index in [0.29, 0.717) is 0 Å². The second kappa shape index (κ2) is 1.05. The van der Waals surface area contributed by atoms with Gasteiger partial charge in [-0.25, -0.2) is 4.39 Å². The van der Waals surface area contributed by atoms with Crippen LogP contribution in [0.15, 0.2) is 11.9 Å². The van der Waals surface area contributed by atoms with Crippen molar-refractivity contribution in [3.8, 4) is 0 Å². The summed E-state index contributed by atoms with van der Waals surface area (Å²) in [6.45, 7) is 0. The van der Waals surface area contributed by atoms with Gasteiger partial charge >= 0.3 is 0 Å². The minimum absolute atomic E-state index is 0.192. The second-order valence-corrected chi connectivity index (χ2v) is 1.39. The zero-order chi connectivity index (χ0) is 4.57. The molecule has 1 rings (SSSR count). The van der Waals surface area contributed by atoms with Crippen molar-refractivity contribution in [2.45, 2.75) is 12.5 Å². The third kappa shape index (κ3) is 0.431. The number of aliphatic hydroxyl groups excluding tert-OH is 1. The van der Waals surface area contributed by atoms with Crippen LogP contribution in [0.25, 0.3) is 0 Å². The molecule has 0 saturated heterocycles. The molecule has 1 N–H and O–H groups in total. The van der Waals surface area contributed by atoms with Crippen molar-refractivity contribution in [3.63, 3.8) is 0 Å². The molecule has 1 unspecified atom stereocenters. The predicted molar refractivity (Wildman–Crippen MR) is 19.8 cm³/mol. The van der Waals surface area contributed by atoms with E-state index >= 15 is 0 Å². The molecule has 0 aromatic heterocycles. The van der Waals surface area contributed by atoms with Crippen LogP contribution in [-0.2, 0) is 0 Å². The van der Waals surface area contributed by atoms with Gasteiger partial charge in [0, 0.05) is 6.42 Å². The Hall–Kier alpha value is -0.370. The lowest BCUT2D eigenvalue weighted by molar-refractivity contribution is 0.186. The predicted octanol–water partition coefficient (Wildman–Crippen LogP) is 0.604. The molecule has 0 amide bonds. The van der Waals surface area contributed by atoms with Gasteiger partial charge in [0.1, 0.15) is 5.83 Å². The van der Waals surface area contributed by atoms with Gasteiger partial charge in [0.15, 0.2) is 0 Å². The van der Waals surface area contributed by atoms with E-state index < -0.39 is 6.10 Å². The van der Waals surface area contributed by atoms with Gasteiger partial charge in [0.05, 0.1) is 6.10 Å². The zero-order valence-electron chi connectivity index (χ0n) is 3.19. The molecule has 0 aromatic rings. The highest BCUT2D eigenvalue weighted by molar-refractivity contribution is 5.09. The van der Waals surface area contributed by atoms with Gasteiger partial charge in [-0.2, -0.15) is 0 Å². The number of rotatable bonds is 0. The summed E-state index contributed by atoms with van der Waals surface area (Å²) >= 11 is 0. The highest BCUT2D eigenvalue weighted by atomic mass is 19.1. The van der Waals surface area contributed by atoms with Gasteiger partial charge in [-0.05, 0) is 6.08 Å². The normalized spacial score (nSPS) is 31.7. The summed E-state index contributed by atoms with van der Waals surface area (Å²) in [6, 6.07) is 0. The molecule has 1 nitrogen and oxygen atoms in total. The topological polar surface area (TPSA) is 20.2 Å². The molecule has 34 valence electrons. The quantitative estimate of drug-likeness (QED) is 0.460. The van der Waals surface area contributed by atoms with Crippen molar-refractivity contribution in [1.82, 2.24) is 0 Å². The minimum atomic E-state index is -0.495. The zero-order valence-corrected chi connectivity index (χ0v) is 3.19. The molecule has 0 saturated carbocycles. The lowest BCUT2D eigenvalue weighted by Crippen LogP contribution is -2.11. The summed E-state index contributed by atoms with van der Waals surface area (Å²) in [4.78, 5) is 0. The molecule has 1 atom stereocenters. The highest BCUT2D eigenvalue weighted by Crippen LogP contribution is 2.18. The minimum Gasteiger partial charge on any atom is -0.389 e. The second-order valence-electron chi connectivity index (χ2n) is 1.39. The first-order valence-electron chi connectivity index (χ1n) is 1.83. The third-order valence-corrected chi connectivity index (χ3v) is 0.777. The van der Waals surface area contributed by atoms with Gasteiger partial charge < -0.3 is 5.11 Å². The molecule has 0 heterocycles. The van der Waals surface area contributed by atoms with Crippen LogP contribution in [0.2, 0.25) is 0 Å². The monoisotopic (exact) mass is 88.0 g/mol. The molecule has 1 aliphatic rings. The van der Waals surface area contributed by atoms with Gasteiger partial charge in [-0.15, -0.1) is 0 Å². The first-order valence-corrected chi connectivity index (χ1v) is 1.83. The Kier molecular flexibility index (Phi) is 0.665. The van der Waals surface area contributed by atoms with Gasteiger partial charge in [0.2, 0.25) is 0 Å². The van der Waals surface area contributed by atoms with Gasteiger partial charge in [-0.1, -0.05) is 0 Å². The van der Waals surface area contributed by atoms with Gasteiger partial charge in [-0.3, -0.25) is 0 Å². The lowest BCUT2D eigenvalue weighted by Gasteiger charge is -2.11. The Morgan fingerprint density at radius 3 is 2.50 bits per heavy atom. The number of halogens is 1. The van der Waals surface area contributed by atoms with Crippen LogP contribution >= 0.6 is 0 Å². The summed E-state index contributed by atoms with van der Waals surface area (Å²) in [7, 11) is 0. The summed E-state index contributed by atoms with van der Waals surface area (Å²) in [5.41, 5.74) is 0. The Bertz CT molecular complexity index is 87.5. The fourth-order valence-electron chi connectivity index (χ4n) is 0.375. The summed E-state index contributed by atoms with van der Waals surface area (Å²) < 4.78 is 11.5. The largest absolute Gasteiger partial charge is 0.389 e. The molecule has 0 bridgehead atoms. The fraction of sp³-hybridized carbons (Fsp3) is 0.500. The van der Waals surface area contributed by atoms with Crippen molar-refractivity contribution >= 4 is 0 Å². The van der Waals surface area contributed by atoms with Crippen LogP contribution in [0, 0.1) is 0 Å².